The van der Waals surface area contributed by atoms with Gasteiger partial charge in [0, 0.05) is 38.1 Å². The molecule has 2 aromatic carbocycles. The molecule has 0 bridgehead atoms. The molecule has 1 aliphatic rings. The number of aromatic nitrogens is 1. The Hall–Kier alpha value is -3.57. The van der Waals surface area contributed by atoms with Crippen LogP contribution in [0.25, 0.3) is 17.2 Å². The third-order valence-corrected chi connectivity index (χ3v) is 6.44. The summed E-state index contributed by atoms with van der Waals surface area (Å²) >= 11 is 0. The van der Waals surface area contributed by atoms with Gasteiger partial charge in [-0.2, -0.15) is 0 Å². The molecule has 0 N–H and O–H groups in total. The number of benzene rings is 2. The molecule has 5 heteroatoms. The molecule has 5 nitrogen and oxygen atoms in total. The van der Waals surface area contributed by atoms with Gasteiger partial charge in [-0.05, 0) is 35.7 Å². The van der Waals surface area contributed by atoms with Crippen molar-refractivity contribution in [1.82, 2.24) is 14.4 Å². The van der Waals surface area contributed by atoms with E-state index in [1.807, 2.05) is 39.8 Å². The minimum atomic E-state index is 0.0782. The first-order valence-electron chi connectivity index (χ1n) is 11.5. The van der Waals surface area contributed by atoms with Gasteiger partial charge in [-0.3, -0.25) is 9.69 Å². The molecule has 1 saturated heterocycles. The quantitative estimate of drug-likeness (QED) is 0.422. The monoisotopic (exact) mass is 439 g/mol. The highest BCUT2D eigenvalue weighted by molar-refractivity contribution is 5.97. The molecule has 0 saturated carbocycles. The molecule has 0 spiro atoms. The summed E-state index contributed by atoms with van der Waals surface area (Å²) in [4.78, 5) is 17.9. The zero-order chi connectivity index (χ0) is 22.6. The summed E-state index contributed by atoms with van der Waals surface area (Å²) in [5.41, 5.74) is 5.07. The van der Waals surface area contributed by atoms with E-state index < -0.39 is 0 Å². The van der Waals surface area contributed by atoms with Gasteiger partial charge in [-0.1, -0.05) is 66.7 Å². The first-order valence-corrected chi connectivity index (χ1v) is 11.5. The zero-order valence-corrected chi connectivity index (χ0v) is 19.0. The number of aryl methyl sites for hydroxylation is 1. The van der Waals surface area contributed by atoms with Crippen molar-refractivity contribution in [3.8, 4) is 0 Å². The third-order valence-electron chi connectivity index (χ3n) is 6.44. The summed E-state index contributed by atoms with van der Waals surface area (Å²) in [6.45, 7) is 6.83. The van der Waals surface area contributed by atoms with Crippen LogP contribution in [0.2, 0.25) is 0 Å². The molecule has 5 rings (SSSR count). The van der Waals surface area contributed by atoms with Gasteiger partial charge in [0.2, 0.25) is 5.71 Å². The summed E-state index contributed by atoms with van der Waals surface area (Å²) in [6, 6.07) is 22.5. The van der Waals surface area contributed by atoms with Crippen LogP contribution in [0.15, 0.2) is 83.5 Å². The number of hydrogen-bond donors (Lipinski definition) is 0. The second kappa shape index (κ2) is 9.51. The topological polar surface area (TPSA) is 41.6 Å². The van der Waals surface area contributed by atoms with Crippen LogP contribution in [-0.2, 0) is 6.54 Å². The van der Waals surface area contributed by atoms with Crippen LogP contribution in [-0.4, -0.2) is 53.0 Å². The van der Waals surface area contributed by atoms with Gasteiger partial charge in [0.1, 0.15) is 5.69 Å². The maximum Gasteiger partial charge on any atom is 0.270 e. The average molecular weight is 440 g/mol. The molecule has 2 aromatic heterocycles. The lowest BCUT2D eigenvalue weighted by molar-refractivity contribution is 0.0640. The number of carbonyl (C=O) groups excluding carboxylic acids is 1. The fourth-order valence-corrected chi connectivity index (χ4v) is 4.46. The van der Waals surface area contributed by atoms with E-state index in [-0.39, 0.29) is 5.91 Å². The van der Waals surface area contributed by atoms with E-state index in [9.17, 15) is 4.79 Å². The average Bonchev–Trinajstić information content (AvgIpc) is 3.44. The Labute approximate surface area is 194 Å². The lowest BCUT2D eigenvalue weighted by atomic mass is 10.1. The Balaban J connectivity index is 1.27. The number of carbonyl (C=O) groups is 1. The summed E-state index contributed by atoms with van der Waals surface area (Å²) in [6.07, 6.45) is 6.05. The maximum absolute atomic E-state index is 13.5. The van der Waals surface area contributed by atoms with E-state index >= 15 is 0 Å². The van der Waals surface area contributed by atoms with Gasteiger partial charge in [0.15, 0.2) is 0 Å². The Kier molecular flexibility index (Phi) is 6.13. The fourth-order valence-electron chi connectivity index (χ4n) is 4.46. The van der Waals surface area contributed by atoms with Gasteiger partial charge < -0.3 is 13.9 Å². The minimum Gasteiger partial charge on any atom is -0.448 e. The van der Waals surface area contributed by atoms with Crippen molar-refractivity contribution in [2.24, 2.45) is 0 Å². The van der Waals surface area contributed by atoms with Crippen LogP contribution < -0.4 is 0 Å². The number of hydrogen-bond acceptors (Lipinski definition) is 3. The zero-order valence-electron chi connectivity index (χ0n) is 19.0. The summed E-state index contributed by atoms with van der Waals surface area (Å²) in [5, 5.41) is 0.969. The molecular weight excluding hydrogens is 410 g/mol. The molecular formula is C28H29N3O2. The SMILES string of the molecule is Cc1ccccc1Cn1c(C(=O)N2CCN(C/C=C/c3ccccc3)CC2)cc2ccoc21. The lowest BCUT2D eigenvalue weighted by Gasteiger charge is -2.34. The third kappa shape index (κ3) is 4.64. The number of fused-ring (bicyclic) bond motifs is 1. The molecule has 0 atom stereocenters. The molecule has 1 aliphatic heterocycles. The van der Waals surface area contributed by atoms with Gasteiger partial charge >= 0.3 is 0 Å². The Morgan fingerprint density at radius 2 is 1.73 bits per heavy atom. The van der Waals surface area contributed by atoms with Crippen LogP contribution >= 0.6 is 0 Å². The van der Waals surface area contributed by atoms with Crippen molar-refractivity contribution in [1.29, 1.82) is 0 Å². The molecule has 168 valence electrons. The molecule has 0 radical (unpaired) electrons. The summed E-state index contributed by atoms with van der Waals surface area (Å²) in [7, 11) is 0. The highest BCUT2D eigenvalue weighted by atomic mass is 16.3. The largest absolute Gasteiger partial charge is 0.448 e. The lowest BCUT2D eigenvalue weighted by Crippen LogP contribution is -2.49. The van der Waals surface area contributed by atoms with Gasteiger partial charge in [-0.15, -0.1) is 0 Å². The molecule has 33 heavy (non-hydrogen) atoms. The number of rotatable bonds is 6. The van der Waals surface area contributed by atoms with Crippen molar-refractivity contribution >= 4 is 23.1 Å². The van der Waals surface area contributed by atoms with Gasteiger partial charge in [0.25, 0.3) is 5.91 Å². The second-order valence-electron chi connectivity index (χ2n) is 8.63. The summed E-state index contributed by atoms with van der Waals surface area (Å²) < 4.78 is 7.78. The van der Waals surface area contributed by atoms with Crippen molar-refractivity contribution in [2.45, 2.75) is 13.5 Å². The van der Waals surface area contributed by atoms with E-state index in [1.54, 1.807) is 6.26 Å². The molecule has 4 aromatic rings. The van der Waals surface area contributed by atoms with Crippen molar-refractivity contribution in [3.63, 3.8) is 0 Å². The highest BCUT2D eigenvalue weighted by Crippen LogP contribution is 2.25. The Bertz CT molecular complexity index is 1260. The predicted octanol–water partition coefficient (Wildman–Crippen LogP) is 5.06. The van der Waals surface area contributed by atoms with Crippen LogP contribution in [0, 0.1) is 6.92 Å². The van der Waals surface area contributed by atoms with Crippen LogP contribution in [0.1, 0.15) is 27.2 Å². The number of amides is 1. The Morgan fingerprint density at radius 1 is 0.970 bits per heavy atom. The molecule has 0 unspecified atom stereocenters. The molecule has 3 heterocycles. The summed E-state index contributed by atoms with van der Waals surface area (Å²) in [5.74, 6) is 0.0782. The van der Waals surface area contributed by atoms with E-state index in [4.69, 9.17) is 4.42 Å². The van der Waals surface area contributed by atoms with Gasteiger partial charge in [-0.25, -0.2) is 0 Å². The predicted molar refractivity (Wildman–Crippen MR) is 132 cm³/mol. The highest BCUT2D eigenvalue weighted by Gasteiger charge is 2.26. The van der Waals surface area contributed by atoms with E-state index in [1.165, 1.54) is 16.7 Å². The number of furan rings is 1. The van der Waals surface area contributed by atoms with Crippen LogP contribution in [0.3, 0.4) is 0 Å². The molecule has 1 amide bonds. The fraction of sp³-hybridized carbons (Fsp3) is 0.250. The van der Waals surface area contributed by atoms with Crippen molar-refractivity contribution < 1.29 is 9.21 Å². The maximum atomic E-state index is 13.5. The second-order valence-corrected chi connectivity index (χ2v) is 8.63. The minimum absolute atomic E-state index is 0.0782. The molecule has 1 fully saturated rings. The van der Waals surface area contributed by atoms with Crippen LogP contribution in [0.4, 0.5) is 0 Å². The van der Waals surface area contributed by atoms with Gasteiger partial charge in [0.05, 0.1) is 12.8 Å². The molecule has 0 aliphatic carbocycles. The number of piperazine rings is 1. The van der Waals surface area contributed by atoms with Crippen molar-refractivity contribution in [3.05, 3.63) is 101 Å². The van der Waals surface area contributed by atoms with E-state index in [0.29, 0.717) is 12.2 Å². The number of nitrogens with zero attached hydrogens (tertiary/aromatic N) is 3. The van der Waals surface area contributed by atoms with Crippen molar-refractivity contribution in [2.75, 3.05) is 32.7 Å². The first-order chi connectivity index (χ1) is 16.2. The first kappa shape index (κ1) is 21.3. The normalized spacial score (nSPS) is 15.0. The standard InChI is InChI=1S/C28H29N3O2/c1-22-8-5-6-12-25(22)21-31-26(20-24-13-19-33-28(24)31)27(32)30-17-15-29(16-18-30)14-7-11-23-9-3-2-4-10-23/h2-13,19-20H,14-18,21H2,1H3/b11-7+. The van der Waals surface area contributed by atoms with E-state index in [0.717, 1.165) is 43.8 Å². The van der Waals surface area contributed by atoms with E-state index in [2.05, 4.69) is 60.4 Å². The van der Waals surface area contributed by atoms with Crippen LogP contribution in [0.5, 0.6) is 0 Å². The smallest absolute Gasteiger partial charge is 0.270 e. The Morgan fingerprint density at radius 3 is 2.52 bits per heavy atom.